The van der Waals surface area contributed by atoms with Gasteiger partial charge in [-0.25, -0.2) is 4.79 Å². The molecule has 2 spiro atoms. The molecular formula is C34H55NO6. The number of likely N-dealkylation sites (tertiary alicyclic amines) is 1. The average molecular weight is 574 g/mol. The molecule has 7 aliphatic rings. The Morgan fingerprint density at radius 2 is 1.68 bits per heavy atom. The molecule has 7 rings (SSSR count). The molecule has 7 fully saturated rings. The Morgan fingerprint density at radius 1 is 1.02 bits per heavy atom. The molecule has 5 aliphatic carbocycles. The van der Waals surface area contributed by atoms with Crippen LogP contribution in [-0.2, 0) is 9.47 Å². The Morgan fingerprint density at radius 3 is 2.32 bits per heavy atom. The van der Waals surface area contributed by atoms with E-state index in [2.05, 4.69) is 34.6 Å². The van der Waals surface area contributed by atoms with E-state index in [1.54, 1.807) is 13.8 Å². The molecule has 41 heavy (non-hydrogen) atoms. The summed E-state index contributed by atoms with van der Waals surface area (Å²) in [4.78, 5) is 15.4. The van der Waals surface area contributed by atoms with Crippen LogP contribution < -0.4 is 0 Å². The first-order valence-electron chi connectivity index (χ1n) is 16.7. The van der Waals surface area contributed by atoms with Gasteiger partial charge in [-0.15, -0.1) is 0 Å². The van der Waals surface area contributed by atoms with E-state index < -0.39 is 17.8 Å². The van der Waals surface area contributed by atoms with Gasteiger partial charge in [-0.05, 0) is 117 Å². The quantitative estimate of drug-likeness (QED) is 0.432. The second kappa shape index (κ2) is 8.63. The predicted octanol–water partition coefficient (Wildman–Crippen LogP) is 5.14. The van der Waals surface area contributed by atoms with Gasteiger partial charge in [-0.3, -0.25) is 0 Å². The molecule has 0 radical (unpaired) electrons. The number of carbonyl (C=O) groups excluding carboxylic acids is 1. The Bertz CT molecular complexity index is 1100. The molecule has 0 aromatic rings. The summed E-state index contributed by atoms with van der Waals surface area (Å²) >= 11 is 0. The van der Waals surface area contributed by atoms with Gasteiger partial charge in [-0.1, -0.05) is 34.6 Å². The van der Waals surface area contributed by atoms with Crippen LogP contribution >= 0.6 is 0 Å². The molecular weight excluding hydrogens is 518 g/mol. The zero-order valence-electron chi connectivity index (χ0n) is 26.5. The fourth-order valence-electron chi connectivity index (χ4n) is 12.8. The number of nitrogens with zero attached hydrogens (tertiary/aromatic N) is 1. The minimum Gasteiger partial charge on any atom is -0.443 e. The molecule has 1 amide bonds. The zero-order valence-corrected chi connectivity index (χ0v) is 26.5. The molecule has 0 aromatic heterocycles. The minimum absolute atomic E-state index is 0.0577. The molecule has 2 heterocycles. The second-order valence-corrected chi connectivity index (χ2v) is 17.4. The van der Waals surface area contributed by atoms with Crippen LogP contribution in [-0.4, -0.2) is 75.5 Å². The lowest BCUT2D eigenvalue weighted by Crippen LogP contribution is -2.60. The number of rotatable bonds is 3. The molecule has 3 N–H and O–H groups in total. The highest BCUT2D eigenvalue weighted by Gasteiger charge is 2.85. The van der Waals surface area contributed by atoms with Crippen molar-refractivity contribution in [1.82, 2.24) is 4.90 Å². The number of hydrogen-bond donors (Lipinski definition) is 3. The lowest BCUT2D eigenvalue weighted by atomic mass is 9.41. The third kappa shape index (κ3) is 3.44. The van der Waals surface area contributed by atoms with E-state index in [4.69, 9.17) is 9.47 Å². The Labute approximate surface area is 246 Å². The molecule has 7 heteroatoms. The molecule has 2 saturated heterocycles. The Kier molecular flexibility index (Phi) is 6.08. The number of aliphatic hydroxyl groups excluding tert-OH is 2. The molecule has 7 nitrogen and oxygen atoms in total. The van der Waals surface area contributed by atoms with Crippen molar-refractivity contribution in [3.05, 3.63) is 0 Å². The van der Waals surface area contributed by atoms with Crippen molar-refractivity contribution in [2.45, 2.75) is 142 Å². The number of hydrogen-bond acceptors (Lipinski definition) is 6. The zero-order chi connectivity index (χ0) is 29.5. The van der Waals surface area contributed by atoms with E-state index in [9.17, 15) is 20.1 Å². The highest BCUT2D eigenvalue weighted by molar-refractivity contribution is 5.69. The standard InChI is InChI=1S/C34H55NO6/c1-19-17-20(26(37)30(4,5)39)40-25-24(19)31(6)13-14-34-18-33(34)12-11-23(36)29(2,3)21(33)9-10-22(34)32(31,7)27(25)41-28(38)35-15-8-16-35/h19-27,36-37,39H,8-18H2,1-7H3/t19-,20?,21+,22?,23?,24?,25?,26+,27+,31-,32-,33-,34+/m1/s1. The summed E-state index contributed by atoms with van der Waals surface area (Å²) in [5, 5.41) is 32.9. The van der Waals surface area contributed by atoms with Gasteiger partial charge in [0.1, 0.15) is 12.2 Å². The second-order valence-electron chi connectivity index (χ2n) is 17.4. The van der Waals surface area contributed by atoms with Gasteiger partial charge in [0.15, 0.2) is 0 Å². The SMILES string of the molecule is C[C@@H]1CC([C@H](O)C(C)(C)O)OC2C1[C@@]1(C)CC[C@@]34C[C@@]35CCC(O)C(C)(C)[C@@H]5CCC4[C@]1(C)[C@H]2OC(=O)N1CCC1. The van der Waals surface area contributed by atoms with Crippen LogP contribution in [0.2, 0.25) is 0 Å². The van der Waals surface area contributed by atoms with Gasteiger partial charge < -0.3 is 29.7 Å². The van der Waals surface area contributed by atoms with Crippen molar-refractivity contribution in [1.29, 1.82) is 0 Å². The first-order chi connectivity index (χ1) is 19.0. The maximum Gasteiger partial charge on any atom is 0.410 e. The third-order valence-corrected chi connectivity index (χ3v) is 15.2. The molecule has 232 valence electrons. The van der Waals surface area contributed by atoms with Crippen LogP contribution in [0.25, 0.3) is 0 Å². The van der Waals surface area contributed by atoms with Gasteiger partial charge in [0.05, 0.1) is 23.9 Å². The first kappa shape index (κ1) is 28.9. The highest BCUT2D eigenvalue weighted by Crippen LogP contribution is 2.89. The monoisotopic (exact) mass is 573 g/mol. The van der Waals surface area contributed by atoms with Crippen molar-refractivity contribution < 1.29 is 29.6 Å². The van der Waals surface area contributed by atoms with Crippen molar-refractivity contribution in [2.24, 2.45) is 50.7 Å². The first-order valence-corrected chi connectivity index (χ1v) is 16.7. The third-order valence-electron chi connectivity index (χ3n) is 15.2. The Balaban J connectivity index is 1.30. The number of ether oxygens (including phenoxy) is 2. The van der Waals surface area contributed by atoms with Gasteiger partial charge in [0.2, 0.25) is 0 Å². The van der Waals surface area contributed by atoms with Crippen LogP contribution in [0.15, 0.2) is 0 Å². The fourth-order valence-corrected chi connectivity index (χ4v) is 12.8. The van der Waals surface area contributed by atoms with Gasteiger partial charge in [0.25, 0.3) is 0 Å². The fraction of sp³-hybridized carbons (Fsp3) is 0.971. The predicted molar refractivity (Wildman–Crippen MR) is 155 cm³/mol. The van der Waals surface area contributed by atoms with Crippen LogP contribution in [0.3, 0.4) is 0 Å². The maximum atomic E-state index is 13.6. The van der Waals surface area contributed by atoms with E-state index in [1.165, 1.54) is 12.8 Å². The summed E-state index contributed by atoms with van der Waals surface area (Å²) in [6.07, 6.45) is 6.87. The van der Waals surface area contributed by atoms with E-state index in [0.717, 1.165) is 51.6 Å². The number of carbonyl (C=O) groups is 1. The van der Waals surface area contributed by atoms with Gasteiger partial charge >= 0.3 is 6.09 Å². The molecule has 2 aliphatic heterocycles. The van der Waals surface area contributed by atoms with Gasteiger partial charge in [0, 0.05) is 18.5 Å². The van der Waals surface area contributed by atoms with Crippen LogP contribution in [0.5, 0.6) is 0 Å². The lowest BCUT2D eigenvalue weighted by molar-refractivity contribution is -0.203. The van der Waals surface area contributed by atoms with Crippen LogP contribution in [0.4, 0.5) is 4.79 Å². The molecule has 5 saturated carbocycles. The molecule has 13 atom stereocenters. The van der Waals surface area contributed by atoms with Crippen molar-refractivity contribution in [3.8, 4) is 0 Å². The number of fused-ring (bicyclic) bond motifs is 4. The summed E-state index contributed by atoms with van der Waals surface area (Å²) in [6, 6.07) is 0. The van der Waals surface area contributed by atoms with Crippen molar-refractivity contribution in [2.75, 3.05) is 13.1 Å². The average Bonchev–Trinajstić information content (AvgIpc) is 3.48. The summed E-state index contributed by atoms with van der Waals surface area (Å²) in [5.74, 6) is 1.47. The molecule has 0 aromatic carbocycles. The molecule has 0 bridgehead atoms. The smallest absolute Gasteiger partial charge is 0.410 e. The van der Waals surface area contributed by atoms with Gasteiger partial charge in [-0.2, -0.15) is 0 Å². The minimum atomic E-state index is -1.28. The van der Waals surface area contributed by atoms with Crippen LogP contribution in [0, 0.1) is 50.7 Å². The topological polar surface area (TPSA) is 99.5 Å². The number of amides is 1. The van der Waals surface area contributed by atoms with E-state index in [-0.39, 0.29) is 63.3 Å². The van der Waals surface area contributed by atoms with Crippen molar-refractivity contribution in [3.63, 3.8) is 0 Å². The summed E-state index contributed by atoms with van der Waals surface area (Å²) in [6.45, 7) is 16.6. The van der Waals surface area contributed by atoms with E-state index in [1.807, 2.05) is 4.90 Å². The van der Waals surface area contributed by atoms with E-state index in [0.29, 0.717) is 18.3 Å². The normalized spacial score (nSPS) is 54.0. The van der Waals surface area contributed by atoms with E-state index >= 15 is 0 Å². The lowest BCUT2D eigenvalue weighted by Gasteiger charge is -2.63. The molecule has 5 unspecified atom stereocenters. The maximum absolute atomic E-state index is 13.6. The van der Waals surface area contributed by atoms with Crippen LogP contribution in [0.1, 0.15) is 106 Å². The van der Waals surface area contributed by atoms with Crippen molar-refractivity contribution >= 4 is 6.09 Å². The summed E-state index contributed by atoms with van der Waals surface area (Å²) in [7, 11) is 0. The highest BCUT2D eigenvalue weighted by atomic mass is 16.6. The largest absolute Gasteiger partial charge is 0.443 e. The Hall–Kier alpha value is -0.890. The summed E-state index contributed by atoms with van der Waals surface area (Å²) < 4.78 is 13.5. The number of aliphatic hydroxyl groups is 3. The summed E-state index contributed by atoms with van der Waals surface area (Å²) in [5.41, 5.74) is -1.13.